The van der Waals surface area contributed by atoms with Crippen LogP contribution in [-0.4, -0.2) is 0 Å². The lowest BCUT2D eigenvalue weighted by Gasteiger charge is -2.28. The summed E-state index contributed by atoms with van der Waals surface area (Å²) in [4.78, 5) is 0. The van der Waals surface area contributed by atoms with Gasteiger partial charge in [-0.1, -0.05) is 87.8 Å². The second-order valence-corrected chi connectivity index (χ2v) is 9.38. The van der Waals surface area contributed by atoms with Gasteiger partial charge in [-0.2, -0.15) is 0 Å². The minimum Gasteiger partial charge on any atom is -0.0654 e. The van der Waals surface area contributed by atoms with Crippen LogP contribution >= 0.6 is 0 Å². The Morgan fingerprint density at radius 2 is 1.39 bits per heavy atom. The fraction of sp³-hybridized carbons (Fsp3) is 0.419. The summed E-state index contributed by atoms with van der Waals surface area (Å²) in [6, 6.07) is 22.4. The van der Waals surface area contributed by atoms with E-state index in [1.807, 2.05) is 0 Å². The molecule has 0 unspecified atom stereocenters. The lowest BCUT2D eigenvalue weighted by atomic mass is 9.77. The second kappa shape index (κ2) is 10.7. The molecule has 0 heterocycles. The van der Waals surface area contributed by atoms with E-state index in [-0.39, 0.29) is 0 Å². The molecule has 160 valence electrons. The number of fused-ring (bicyclic) bond motifs is 1. The van der Waals surface area contributed by atoms with Crippen molar-refractivity contribution in [3.63, 3.8) is 0 Å². The number of benzene rings is 3. The largest absolute Gasteiger partial charge is 0.0654 e. The number of aryl methyl sites for hydroxylation is 1. The van der Waals surface area contributed by atoms with Gasteiger partial charge in [-0.3, -0.25) is 0 Å². The monoisotopic (exact) mass is 408 g/mol. The van der Waals surface area contributed by atoms with Gasteiger partial charge in [0.15, 0.2) is 0 Å². The molecule has 31 heavy (non-hydrogen) atoms. The van der Waals surface area contributed by atoms with Gasteiger partial charge in [0.1, 0.15) is 0 Å². The van der Waals surface area contributed by atoms with Crippen molar-refractivity contribution in [1.82, 2.24) is 0 Å². The summed E-state index contributed by atoms with van der Waals surface area (Å²) in [6.07, 6.45) is 12.0. The smallest absolute Gasteiger partial charge is 0.0255 e. The molecule has 4 rings (SSSR count). The average Bonchev–Trinajstić information content (AvgIpc) is 2.82. The molecule has 0 bridgehead atoms. The van der Waals surface area contributed by atoms with Crippen molar-refractivity contribution in [1.29, 1.82) is 0 Å². The van der Waals surface area contributed by atoms with E-state index < -0.39 is 0 Å². The summed E-state index contributed by atoms with van der Waals surface area (Å²) < 4.78 is 0. The molecule has 1 aliphatic carbocycles. The van der Waals surface area contributed by atoms with E-state index in [0.717, 1.165) is 29.4 Å². The van der Waals surface area contributed by atoms with Gasteiger partial charge >= 0.3 is 0 Å². The van der Waals surface area contributed by atoms with Crippen molar-refractivity contribution < 1.29 is 0 Å². The summed E-state index contributed by atoms with van der Waals surface area (Å²) >= 11 is 0. The Bertz CT molecular complexity index is 1040. The Labute approximate surface area is 189 Å². The minimum absolute atomic E-state index is 0.748. The predicted octanol–water partition coefficient (Wildman–Crippen LogP) is 8.66. The highest BCUT2D eigenvalue weighted by molar-refractivity contribution is 5.84. The van der Waals surface area contributed by atoms with E-state index in [2.05, 4.69) is 86.4 Å². The van der Waals surface area contributed by atoms with E-state index in [1.54, 1.807) is 0 Å². The molecule has 0 N–H and O–H groups in total. The van der Waals surface area contributed by atoms with Crippen LogP contribution in [0, 0.1) is 17.8 Å². The lowest BCUT2D eigenvalue weighted by Crippen LogP contribution is -2.13. The topological polar surface area (TPSA) is 0 Å². The Morgan fingerprint density at radius 1 is 0.710 bits per heavy atom. The summed E-state index contributed by atoms with van der Waals surface area (Å²) in [5, 5.41) is 2.59. The van der Waals surface area contributed by atoms with Gasteiger partial charge in [-0.05, 0) is 90.1 Å². The van der Waals surface area contributed by atoms with Crippen LogP contribution in [0.25, 0.3) is 10.8 Å². The van der Waals surface area contributed by atoms with E-state index in [4.69, 9.17) is 0 Å². The molecule has 3 aromatic carbocycles. The van der Waals surface area contributed by atoms with Crippen molar-refractivity contribution in [2.45, 2.75) is 77.6 Å². The number of hydrogen-bond donors (Lipinski definition) is 0. The SMILES string of the molecule is CCCCC1CCC(c2ccc(C#Cc3ccc4cc(CCC)ccc4c3)cc2)CC1. The number of unbranched alkanes of at least 4 members (excludes halogenated alkanes) is 1. The van der Waals surface area contributed by atoms with E-state index in [1.165, 1.54) is 73.3 Å². The summed E-state index contributed by atoms with van der Waals surface area (Å²) in [6.45, 7) is 4.54. The van der Waals surface area contributed by atoms with Gasteiger partial charge in [0.2, 0.25) is 0 Å². The van der Waals surface area contributed by atoms with Crippen LogP contribution in [0.4, 0.5) is 0 Å². The molecule has 0 saturated heterocycles. The van der Waals surface area contributed by atoms with Gasteiger partial charge < -0.3 is 0 Å². The Kier molecular flexibility index (Phi) is 7.48. The molecule has 0 amide bonds. The highest BCUT2D eigenvalue weighted by Crippen LogP contribution is 2.37. The van der Waals surface area contributed by atoms with E-state index in [0.29, 0.717) is 0 Å². The molecule has 1 aliphatic rings. The van der Waals surface area contributed by atoms with Crippen molar-refractivity contribution in [3.8, 4) is 11.8 Å². The van der Waals surface area contributed by atoms with E-state index in [9.17, 15) is 0 Å². The minimum atomic E-state index is 0.748. The molecule has 0 aromatic heterocycles. The van der Waals surface area contributed by atoms with Crippen LogP contribution in [0.15, 0.2) is 60.7 Å². The predicted molar refractivity (Wildman–Crippen MR) is 135 cm³/mol. The lowest BCUT2D eigenvalue weighted by molar-refractivity contribution is 0.304. The van der Waals surface area contributed by atoms with E-state index >= 15 is 0 Å². The molecular formula is C31H36. The van der Waals surface area contributed by atoms with Gasteiger partial charge in [-0.15, -0.1) is 0 Å². The molecule has 0 radical (unpaired) electrons. The van der Waals surface area contributed by atoms with Gasteiger partial charge in [-0.25, -0.2) is 0 Å². The zero-order valence-corrected chi connectivity index (χ0v) is 19.3. The van der Waals surface area contributed by atoms with Crippen LogP contribution in [0.3, 0.4) is 0 Å². The molecule has 0 heteroatoms. The second-order valence-electron chi connectivity index (χ2n) is 9.38. The van der Waals surface area contributed by atoms with Gasteiger partial charge in [0.25, 0.3) is 0 Å². The fourth-order valence-corrected chi connectivity index (χ4v) is 5.08. The van der Waals surface area contributed by atoms with Crippen LogP contribution in [0.1, 0.15) is 93.4 Å². The molecule has 0 nitrogen and oxygen atoms in total. The van der Waals surface area contributed by atoms with Crippen LogP contribution in [-0.2, 0) is 6.42 Å². The first kappa shape index (κ1) is 21.7. The first-order valence-corrected chi connectivity index (χ1v) is 12.4. The highest BCUT2D eigenvalue weighted by atomic mass is 14.3. The maximum absolute atomic E-state index is 3.37. The third-order valence-electron chi connectivity index (χ3n) is 6.99. The Hall–Kier alpha value is -2.52. The Balaban J connectivity index is 1.39. The summed E-state index contributed by atoms with van der Waals surface area (Å²) in [5.74, 6) is 8.46. The molecule has 1 fully saturated rings. The third kappa shape index (κ3) is 5.80. The standard InChI is InChI=1S/C31H36/c1-3-5-7-24-10-16-28(17-11-24)29-18-12-25(13-19-29)8-9-27-15-21-30-22-26(6-4-2)14-20-31(30)23-27/h12-15,18-24,28H,3-7,10-11,16-17H2,1-2H3. The number of rotatable bonds is 6. The number of hydrogen-bond acceptors (Lipinski definition) is 0. The molecule has 0 spiro atoms. The van der Waals surface area contributed by atoms with Gasteiger partial charge in [0, 0.05) is 11.1 Å². The maximum atomic E-state index is 3.37. The van der Waals surface area contributed by atoms with Crippen molar-refractivity contribution in [2.24, 2.45) is 5.92 Å². The van der Waals surface area contributed by atoms with Crippen molar-refractivity contribution in [2.75, 3.05) is 0 Å². The third-order valence-corrected chi connectivity index (χ3v) is 6.99. The molecule has 1 saturated carbocycles. The van der Waals surface area contributed by atoms with Crippen LogP contribution in [0.2, 0.25) is 0 Å². The van der Waals surface area contributed by atoms with Crippen LogP contribution in [0.5, 0.6) is 0 Å². The first-order chi connectivity index (χ1) is 15.2. The Morgan fingerprint density at radius 3 is 2.13 bits per heavy atom. The average molecular weight is 409 g/mol. The van der Waals surface area contributed by atoms with Crippen molar-refractivity contribution >= 4 is 10.8 Å². The fourth-order valence-electron chi connectivity index (χ4n) is 5.08. The zero-order chi connectivity index (χ0) is 21.5. The van der Waals surface area contributed by atoms with Crippen molar-refractivity contribution in [3.05, 3.63) is 82.9 Å². The quantitative estimate of drug-likeness (QED) is 0.358. The zero-order valence-electron chi connectivity index (χ0n) is 19.3. The summed E-state index contributed by atoms with van der Waals surface area (Å²) in [7, 11) is 0. The molecule has 0 atom stereocenters. The maximum Gasteiger partial charge on any atom is 0.0255 e. The van der Waals surface area contributed by atoms with Gasteiger partial charge in [0.05, 0.1) is 0 Å². The molecule has 3 aromatic rings. The molecular weight excluding hydrogens is 372 g/mol. The first-order valence-electron chi connectivity index (χ1n) is 12.4. The molecule has 0 aliphatic heterocycles. The normalized spacial score (nSPS) is 18.5. The highest BCUT2D eigenvalue weighted by Gasteiger charge is 2.21. The van der Waals surface area contributed by atoms with Crippen LogP contribution < -0.4 is 0 Å². The summed E-state index contributed by atoms with van der Waals surface area (Å²) in [5.41, 5.74) is 5.13.